The lowest BCUT2D eigenvalue weighted by molar-refractivity contribution is -0.385. The van der Waals surface area contributed by atoms with Crippen molar-refractivity contribution in [2.75, 3.05) is 19.5 Å². The first-order valence-corrected chi connectivity index (χ1v) is 10.6. The van der Waals surface area contributed by atoms with Gasteiger partial charge < -0.3 is 14.8 Å². The Labute approximate surface area is 197 Å². The highest BCUT2D eigenvalue weighted by atomic mass is 16.6. The summed E-state index contributed by atoms with van der Waals surface area (Å²) in [7, 11) is 3.14. The highest BCUT2D eigenvalue weighted by molar-refractivity contribution is 6.10. The summed E-state index contributed by atoms with van der Waals surface area (Å²) < 4.78 is 11.0. The monoisotopic (exact) mass is 456 g/mol. The summed E-state index contributed by atoms with van der Waals surface area (Å²) in [6.07, 6.45) is 0. The van der Waals surface area contributed by atoms with E-state index in [-0.39, 0.29) is 11.6 Å². The van der Waals surface area contributed by atoms with Gasteiger partial charge in [0.2, 0.25) is 0 Å². The molecule has 172 valence electrons. The summed E-state index contributed by atoms with van der Waals surface area (Å²) in [6, 6.07) is 20.0. The van der Waals surface area contributed by atoms with Crippen LogP contribution >= 0.6 is 0 Å². The lowest BCUT2D eigenvalue weighted by atomic mass is 9.94. The number of nitro groups is 1. The lowest BCUT2D eigenvalue weighted by Gasteiger charge is -2.15. The molecule has 1 amide bonds. The average molecular weight is 456 g/mol. The molecule has 4 aromatic carbocycles. The highest BCUT2D eigenvalue weighted by Gasteiger charge is 2.17. The fourth-order valence-corrected chi connectivity index (χ4v) is 3.88. The maximum Gasteiger partial charge on any atom is 0.274 e. The molecule has 0 atom stereocenters. The third-order valence-electron chi connectivity index (χ3n) is 5.75. The lowest BCUT2D eigenvalue weighted by Crippen LogP contribution is -2.12. The Hall–Kier alpha value is -4.39. The van der Waals surface area contributed by atoms with Crippen molar-refractivity contribution in [3.63, 3.8) is 0 Å². The van der Waals surface area contributed by atoms with E-state index in [0.29, 0.717) is 28.3 Å². The molecule has 0 spiro atoms. The minimum absolute atomic E-state index is 0.0477. The van der Waals surface area contributed by atoms with Gasteiger partial charge in [0.05, 0.1) is 19.1 Å². The van der Waals surface area contributed by atoms with Crippen LogP contribution in [0.15, 0.2) is 66.7 Å². The maximum atomic E-state index is 13.2. The van der Waals surface area contributed by atoms with Crippen molar-refractivity contribution < 1.29 is 19.2 Å². The van der Waals surface area contributed by atoms with Gasteiger partial charge in [-0.3, -0.25) is 14.9 Å². The Bertz CT molecular complexity index is 1410. The fraction of sp³-hybridized carbons (Fsp3) is 0.148. The SMILES string of the molecule is COc1cc2cc(C(=O)Nc3ccc(C)c([N+](=O)[O-])c3)cc(-c3ccc(C)cc3)c2cc1OC. The normalized spacial score (nSPS) is 10.7. The van der Waals surface area contributed by atoms with Crippen LogP contribution in [0.3, 0.4) is 0 Å². The Balaban J connectivity index is 1.84. The molecular formula is C27H24N2O5. The first kappa shape index (κ1) is 22.8. The molecule has 0 saturated carbocycles. The van der Waals surface area contributed by atoms with E-state index in [4.69, 9.17) is 9.47 Å². The molecule has 0 fully saturated rings. The second-order valence-corrected chi connectivity index (χ2v) is 8.03. The van der Waals surface area contributed by atoms with Crippen LogP contribution in [0.25, 0.3) is 21.9 Å². The van der Waals surface area contributed by atoms with Gasteiger partial charge in [-0.2, -0.15) is 0 Å². The van der Waals surface area contributed by atoms with Crippen LogP contribution in [0, 0.1) is 24.0 Å². The molecule has 0 aliphatic heterocycles. The first-order valence-electron chi connectivity index (χ1n) is 10.6. The number of nitrogens with zero attached hydrogens (tertiary/aromatic N) is 1. The van der Waals surface area contributed by atoms with Crippen molar-refractivity contribution in [3.8, 4) is 22.6 Å². The minimum Gasteiger partial charge on any atom is -0.493 e. The van der Waals surface area contributed by atoms with Crippen molar-refractivity contribution in [2.24, 2.45) is 0 Å². The average Bonchev–Trinajstić information content (AvgIpc) is 2.83. The number of benzene rings is 4. The van der Waals surface area contributed by atoms with E-state index in [2.05, 4.69) is 5.32 Å². The molecule has 1 N–H and O–H groups in total. The summed E-state index contributed by atoms with van der Waals surface area (Å²) in [4.78, 5) is 24.0. The summed E-state index contributed by atoms with van der Waals surface area (Å²) in [5.41, 5.74) is 4.18. The fourth-order valence-electron chi connectivity index (χ4n) is 3.88. The number of nitrogens with one attached hydrogen (secondary N) is 1. The Morgan fingerprint density at radius 2 is 1.56 bits per heavy atom. The van der Waals surface area contributed by atoms with E-state index in [9.17, 15) is 14.9 Å². The standard InChI is InChI=1S/C27H24N2O5/c1-16-5-8-18(9-6-16)22-12-20(11-19-13-25(33-3)26(34-4)15-23(19)22)27(30)28-21-10-7-17(2)24(14-21)29(31)32/h5-15H,1-4H3,(H,28,30). The van der Waals surface area contributed by atoms with Gasteiger partial charge in [-0.1, -0.05) is 35.9 Å². The predicted molar refractivity (Wildman–Crippen MR) is 133 cm³/mol. The molecular weight excluding hydrogens is 432 g/mol. The van der Waals surface area contributed by atoms with Crippen LogP contribution in [0.4, 0.5) is 11.4 Å². The number of carbonyl (C=O) groups is 1. The van der Waals surface area contributed by atoms with Crippen LogP contribution in [0.2, 0.25) is 0 Å². The van der Waals surface area contributed by atoms with Gasteiger partial charge in [0.1, 0.15) is 0 Å². The second-order valence-electron chi connectivity index (χ2n) is 8.03. The molecule has 0 saturated heterocycles. The van der Waals surface area contributed by atoms with Crippen LogP contribution < -0.4 is 14.8 Å². The van der Waals surface area contributed by atoms with Crippen molar-refractivity contribution in [2.45, 2.75) is 13.8 Å². The maximum absolute atomic E-state index is 13.2. The van der Waals surface area contributed by atoms with Gasteiger partial charge >= 0.3 is 0 Å². The Morgan fingerprint density at radius 1 is 0.882 bits per heavy atom. The third kappa shape index (κ3) is 4.41. The highest BCUT2D eigenvalue weighted by Crippen LogP contribution is 2.38. The van der Waals surface area contributed by atoms with Crippen LogP contribution in [-0.2, 0) is 0 Å². The summed E-state index contributed by atoms with van der Waals surface area (Å²) >= 11 is 0. The molecule has 7 heteroatoms. The van der Waals surface area contributed by atoms with Crippen molar-refractivity contribution in [1.82, 2.24) is 0 Å². The molecule has 0 bridgehead atoms. The molecule has 0 aromatic heterocycles. The molecule has 0 radical (unpaired) electrons. The van der Waals surface area contributed by atoms with Gasteiger partial charge in [0.15, 0.2) is 11.5 Å². The van der Waals surface area contributed by atoms with E-state index in [1.165, 1.54) is 6.07 Å². The number of nitro benzene ring substituents is 1. The van der Waals surface area contributed by atoms with Gasteiger partial charge in [-0.15, -0.1) is 0 Å². The van der Waals surface area contributed by atoms with Crippen molar-refractivity contribution in [1.29, 1.82) is 0 Å². The summed E-state index contributed by atoms with van der Waals surface area (Å²) in [5.74, 6) is 0.771. The minimum atomic E-state index is -0.462. The number of methoxy groups -OCH3 is 2. The van der Waals surface area contributed by atoms with Crippen LogP contribution in [0.5, 0.6) is 11.5 Å². The third-order valence-corrected chi connectivity index (χ3v) is 5.75. The van der Waals surface area contributed by atoms with Crippen LogP contribution in [-0.4, -0.2) is 25.1 Å². The molecule has 0 aliphatic rings. The summed E-state index contributed by atoms with van der Waals surface area (Å²) in [6.45, 7) is 3.67. The van der Waals surface area contributed by atoms with Crippen molar-refractivity contribution in [3.05, 3.63) is 93.5 Å². The molecule has 0 aliphatic carbocycles. The predicted octanol–water partition coefficient (Wildman–Crippen LogP) is 6.30. The number of fused-ring (bicyclic) bond motifs is 1. The number of hydrogen-bond donors (Lipinski definition) is 1. The number of ether oxygens (including phenoxy) is 2. The largest absolute Gasteiger partial charge is 0.493 e. The van der Waals surface area contributed by atoms with Gasteiger partial charge in [-0.05, 0) is 66.1 Å². The number of rotatable bonds is 6. The molecule has 7 nitrogen and oxygen atoms in total. The Morgan fingerprint density at radius 3 is 2.21 bits per heavy atom. The topological polar surface area (TPSA) is 90.7 Å². The molecule has 4 rings (SSSR count). The first-order chi connectivity index (χ1) is 16.3. The van der Waals surface area contributed by atoms with Crippen LogP contribution in [0.1, 0.15) is 21.5 Å². The summed E-state index contributed by atoms with van der Waals surface area (Å²) in [5, 5.41) is 15.8. The number of hydrogen-bond acceptors (Lipinski definition) is 5. The quantitative estimate of drug-likeness (QED) is 0.271. The number of aryl methyl sites for hydroxylation is 2. The van der Waals surface area contributed by atoms with E-state index >= 15 is 0 Å². The zero-order chi connectivity index (χ0) is 24.4. The molecule has 34 heavy (non-hydrogen) atoms. The number of carbonyl (C=O) groups excluding carboxylic acids is 1. The van der Waals surface area contributed by atoms with Crippen molar-refractivity contribution >= 4 is 28.1 Å². The van der Waals surface area contributed by atoms with E-state index in [1.807, 2.05) is 49.4 Å². The zero-order valence-electron chi connectivity index (χ0n) is 19.3. The second kappa shape index (κ2) is 9.23. The van der Waals surface area contributed by atoms with Gasteiger partial charge in [-0.25, -0.2) is 0 Å². The molecule has 0 heterocycles. The van der Waals surface area contributed by atoms with E-state index < -0.39 is 4.92 Å². The Kier molecular flexibility index (Phi) is 6.19. The van der Waals surface area contributed by atoms with E-state index in [1.54, 1.807) is 39.3 Å². The number of anilines is 1. The molecule has 4 aromatic rings. The molecule has 0 unspecified atom stereocenters. The van der Waals surface area contributed by atoms with Gasteiger partial charge in [0.25, 0.3) is 11.6 Å². The smallest absolute Gasteiger partial charge is 0.274 e. The van der Waals surface area contributed by atoms with E-state index in [0.717, 1.165) is 27.5 Å². The number of amides is 1. The zero-order valence-corrected chi connectivity index (χ0v) is 19.3. The van der Waals surface area contributed by atoms with Gasteiger partial charge in [0, 0.05) is 22.9 Å².